The zero-order valence-corrected chi connectivity index (χ0v) is 6.74. The third kappa shape index (κ3) is 0.906. The highest BCUT2D eigenvalue weighted by molar-refractivity contribution is 6.36. The van der Waals surface area contributed by atoms with E-state index in [2.05, 4.69) is 16.0 Å². The van der Waals surface area contributed by atoms with Crippen molar-refractivity contribution in [3.63, 3.8) is 0 Å². The van der Waals surface area contributed by atoms with Crippen LogP contribution >= 0.6 is 11.6 Å². The first kappa shape index (κ1) is 6.68. The number of rotatable bonds is 0. The normalized spacial score (nSPS) is 10.7. The summed E-state index contributed by atoms with van der Waals surface area (Å²) in [6, 6.07) is 4.70. The topological polar surface area (TPSA) is 28.7 Å². The van der Waals surface area contributed by atoms with Crippen LogP contribution in [0.5, 0.6) is 0 Å². The molecule has 2 heterocycles. The molecular weight excluding hydrogens is 160 g/mol. The van der Waals surface area contributed by atoms with Crippen molar-refractivity contribution in [2.75, 3.05) is 0 Å². The van der Waals surface area contributed by atoms with Crippen LogP contribution in [0.3, 0.4) is 0 Å². The molecule has 2 rings (SSSR count). The highest BCUT2D eigenvalue weighted by Crippen LogP contribution is 2.24. The van der Waals surface area contributed by atoms with Crippen molar-refractivity contribution in [3.8, 4) is 0 Å². The number of hydrogen-bond acceptors (Lipinski definition) is 1. The summed E-state index contributed by atoms with van der Waals surface area (Å²) < 4.78 is 0. The zero-order chi connectivity index (χ0) is 7.84. The highest BCUT2D eigenvalue weighted by Gasteiger charge is 2.04. The van der Waals surface area contributed by atoms with Crippen LogP contribution in [0.25, 0.3) is 11.0 Å². The van der Waals surface area contributed by atoms with E-state index in [1.165, 1.54) is 0 Å². The number of nitrogens with one attached hydrogen (secondary N) is 1. The molecule has 0 spiro atoms. The lowest BCUT2D eigenvalue weighted by Gasteiger charge is -1.84. The van der Waals surface area contributed by atoms with Gasteiger partial charge in [-0.2, -0.15) is 0 Å². The highest BCUT2D eigenvalue weighted by atomic mass is 35.5. The molecule has 2 aromatic rings. The van der Waals surface area contributed by atoms with Crippen molar-refractivity contribution in [3.05, 3.63) is 29.0 Å². The van der Waals surface area contributed by atoms with E-state index in [1.54, 1.807) is 6.20 Å². The Kier molecular flexibility index (Phi) is 1.36. The van der Waals surface area contributed by atoms with Crippen LogP contribution in [0, 0.1) is 13.0 Å². The van der Waals surface area contributed by atoms with Crippen LogP contribution in [0.2, 0.25) is 5.02 Å². The van der Waals surface area contributed by atoms with Gasteiger partial charge < -0.3 is 4.98 Å². The fraction of sp³-hybridized carbons (Fsp3) is 0.125. The first-order valence-corrected chi connectivity index (χ1v) is 3.66. The average Bonchev–Trinajstić information content (AvgIpc) is 2.30. The minimum absolute atomic E-state index is 0.740. The number of hydrogen-bond donors (Lipinski definition) is 1. The largest absolute Gasteiger partial charge is 0.342 e. The monoisotopic (exact) mass is 165 g/mol. The minimum Gasteiger partial charge on any atom is -0.342 e. The molecule has 0 aliphatic heterocycles. The van der Waals surface area contributed by atoms with Gasteiger partial charge in [0.25, 0.3) is 0 Å². The molecular formula is C8H6ClN2. The van der Waals surface area contributed by atoms with Crippen molar-refractivity contribution in [2.24, 2.45) is 0 Å². The maximum absolute atomic E-state index is 5.95. The smallest absolute Gasteiger partial charge is 0.139 e. The van der Waals surface area contributed by atoms with Crippen LogP contribution in [0.4, 0.5) is 0 Å². The third-order valence-electron chi connectivity index (χ3n) is 1.62. The third-order valence-corrected chi connectivity index (χ3v) is 2.11. The molecule has 55 valence electrons. The van der Waals surface area contributed by atoms with Crippen molar-refractivity contribution >= 4 is 22.6 Å². The zero-order valence-electron chi connectivity index (χ0n) is 5.98. The molecule has 0 saturated heterocycles. The number of aryl methyl sites for hydroxylation is 1. The van der Waals surface area contributed by atoms with E-state index < -0.39 is 0 Å². The Morgan fingerprint density at radius 3 is 3.18 bits per heavy atom. The number of pyridine rings is 1. The van der Waals surface area contributed by atoms with Crippen LogP contribution in [0.1, 0.15) is 5.69 Å². The van der Waals surface area contributed by atoms with E-state index in [4.69, 9.17) is 11.6 Å². The van der Waals surface area contributed by atoms with Crippen molar-refractivity contribution in [2.45, 2.75) is 6.92 Å². The predicted molar refractivity (Wildman–Crippen MR) is 44.7 cm³/mol. The summed E-state index contributed by atoms with van der Waals surface area (Å²) in [5, 5.41) is 1.68. The molecule has 1 N–H and O–H groups in total. The van der Waals surface area contributed by atoms with E-state index in [0.717, 1.165) is 21.7 Å². The van der Waals surface area contributed by atoms with Crippen LogP contribution in [0.15, 0.2) is 12.3 Å². The Hall–Kier alpha value is -1.02. The second-order valence-corrected chi connectivity index (χ2v) is 2.77. The van der Waals surface area contributed by atoms with Crippen LogP contribution in [-0.2, 0) is 0 Å². The molecule has 3 heteroatoms. The lowest BCUT2D eigenvalue weighted by Crippen LogP contribution is -1.72. The summed E-state index contributed by atoms with van der Waals surface area (Å²) in [5.74, 6) is 0. The number of aromatic amines is 1. The van der Waals surface area contributed by atoms with Crippen LogP contribution in [-0.4, -0.2) is 9.97 Å². The number of H-pyrrole nitrogens is 1. The van der Waals surface area contributed by atoms with Crippen LogP contribution < -0.4 is 0 Å². The first-order valence-electron chi connectivity index (χ1n) is 3.29. The molecule has 0 aromatic carbocycles. The van der Waals surface area contributed by atoms with Gasteiger partial charge in [0.2, 0.25) is 0 Å². The maximum atomic E-state index is 5.95. The van der Waals surface area contributed by atoms with E-state index in [9.17, 15) is 0 Å². The predicted octanol–water partition coefficient (Wildman–Crippen LogP) is 2.32. The Morgan fingerprint density at radius 1 is 1.64 bits per heavy atom. The van der Waals surface area contributed by atoms with E-state index in [-0.39, 0.29) is 0 Å². The summed E-state index contributed by atoms with van der Waals surface area (Å²) >= 11 is 5.95. The summed E-state index contributed by atoms with van der Waals surface area (Å²) in [7, 11) is 0. The molecule has 0 saturated carbocycles. The van der Waals surface area contributed by atoms with Crippen molar-refractivity contribution < 1.29 is 0 Å². The molecule has 0 fully saturated rings. The molecule has 0 amide bonds. The van der Waals surface area contributed by atoms with Gasteiger partial charge in [0, 0.05) is 23.3 Å². The Morgan fingerprint density at radius 2 is 2.45 bits per heavy atom. The lowest BCUT2D eigenvalue weighted by molar-refractivity contribution is 1.25. The molecule has 0 atom stereocenters. The Bertz CT molecular complexity index is 392. The van der Waals surface area contributed by atoms with Gasteiger partial charge in [-0.05, 0) is 13.0 Å². The standard InChI is InChI=1S/C8H6ClN2/c1-5-7(9)6-3-2-4-10-8(6)11-5/h3-4H,1H3,(H,10,11). The molecule has 0 aliphatic carbocycles. The average molecular weight is 166 g/mol. The van der Waals surface area contributed by atoms with Gasteiger partial charge in [0.15, 0.2) is 0 Å². The van der Waals surface area contributed by atoms with E-state index >= 15 is 0 Å². The summed E-state index contributed by atoms with van der Waals surface area (Å²) in [4.78, 5) is 7.13. The second kappa shape index (κ2) is 2.24. The first-order chi connectivity index (χ1) is 5.29. The summed E-state index contributed by atoms with van der Waals surface area (Å²) in [5.41, 5.74) is 1.78. The fourth-order valence-electron chi connectivity index (χ4n) is 1.06. The Balaban J connectivity index is 2.92. The molecule has 0 aliphatic rings. The van der Waals surface area contributed by atoms with Gasteiger partial charge in [0.05, 0.1) is 5.02 Å². The SMILES string of the molecule is Cc1[nH]c2nc[c]cc2c1Cl. The summed E-state index contributed by atoms with van der Waals surface area (Å²) in [6.45, 7) is 1.92. The van der Waals surface area contributed by atoms with Gasteiger partial charge in [-0.25, -0.2) is 4.98 Å². The molecule has 11 heavy (non-hydrogen) atoms. The van der Waals surface area contributed by atoms with Gasteiger partial charge in [-0.1, -0.05) is 11.6 Å². The number of fused-ring (bicyclic) bond motifs is 1. The minimum atomic E-state index is 0.740. The van der Waals surface area contributed by atoms with Gasteiger partial charge >= 0.3 is 0 Å². The second-order valence-electron chi connectivity index (χ2n) is 2.40. The Labute approximate surface area is 69.2 Å². The molecule has 2 aromatic heterocycles. The summed E-state index contributed by atoms with van der Waals surface area (Å²) in [6.07, 6.45) is 1.62. The number of nitrogens with zero attached hydrogens (tertiary/aromatic N) is 1. The molecule has 0 bridgehead atoms. The maximum Gasteiger partial charge on any atom is 0.139 e. The fourth-order valence-corrected chi connectivity index (χ4v) is 1.25. The molecule has 0 unspecified atom stereocenters. The van der Waals surface area contributed by atoms with E-state index in [0.29, 0.717) is 0 Å². The van der Waals surface area contributed by atoms with Crippen molar-refractivity contribution in [1.82, 2.24) is 9.97 Å². The molecule has 1 radical (unpaired) electrons. The quantitative estimate of drug-likeness (QED) is 0.638. The van der Waals surface area contributed by atoms with Gasteiger partial charge in [0.1, 0.15) is 5.65 Å². The number of halogens is 1. The van der Waals surface area contributed by atoms with Gasteiger partial charge in [-0.15, -0.1) is 0 Å². The van der Waals surface area contributed by atoms with Crippen molar-refractivity contribution in [1.29, 1.82) is 0 Å². The number of aromatic nitrogens is 2. The van der Waals surface area contributed by atoms with Gasteiger partial charge in [-0.3, -0.25) is 0 Å². The lowest BCUT2D eigenvalue weighted by atomic mass is 10.3. The molecule has 2 nitrogen and oxygen atoms in total. The van der Waals surface area contributed by atoms with E-state index in [1.807, 2.05) is 13.0 Å².